The molecule has 0 aromatic carbocycles. The van der Waals surface area contributed by atoms with Gasteiger partial charge in [-0.3, -0.25) is 9.69 Å². The van der Waals surface area contributed by atoms with Crippen molar-refractivity contribution in [3.05, 3.63) is 18.0 Å². The number of fused-ring (bicyclic) bond motifs is 1. The third-order valence-corrected chi connectivity index (χ3v) is 3.99. The summed E-state index contributed by atoms with van der Waals surface area (Å²) in [5.41, 5.74) is 0.533. The molecule has 3 heterocycles. The molecule has 3 rings (SSSR count). The van der Waals surface area contributed by atoms with Crippen LogP contribution in [0.5, 0.6) is 0 Å². The molecular weight excluding hydrogens is 228 g/mol. The van der Waals surface area contributed by atoms with E-state index in [0.717, 1.165) is 25.3 Å². The van der Waals surface area contributed by atoms with Gasteiger partial charge in [-0.05, 0) is 26.3 Å². The number of nitrogens with zero attached hydrogens (tertiary/aromatic N) is 4. The molecule has 0 radical (unpaired) electrons. The van der Waals surface area contributed by atoms with E-state index in [0.29, 0.717) is 17.6 Å². The SMILES string of the molecule is CC1CN2CCCC2CN1c1ncc(C=O)cn1. The monoisotopic (exact) mass is 246 g/mol. The fraction of sp³-hybridized carbons (Fsp3) is 0.615. The fourth-order valence-corrected chi connectivity index (χ4v) is 3.01. The molecule has 2 aliphatic heterocycles. The van der Waals surface area contributed by atoms with Crippen molar-refractivity contribution in [1.82, 2.24) is 14.9 Å². The highest BCUT2D eigenvalue weighted by Crippen LogP contribution is 2.26. The van der Waals surface area contributed by atoms with E-state index in [2.05, 4.69) is 26.7 Å². The number of anilines is 1. The lowest BCUT2D eigenvalue weighted by Crippen LogP contribution is -2.55. The van der Waals surface area contributed by atoms with Crippen molar-refractivity contribution in [2.45, 2.75) is 31.8 Å². The predicted molar refractivity (Wildman–Crippen MR) is 68.8 cm³/mol. The quantitative estimate of drug-likeness (QED) is 0.728. The van der Waals surface area contributed by atoms with Crippen molar-refractivity contribution < 1.29 is 4.79 Å². The second-order valence-electron chi connectivity index (χ2n) is 5.23. The molecule has 0 saturated carbocycles. The molecular formula is C13H18N4O. The maximum absolute atomic E-state index is 10.6. The van der Waals surface area contributed by atoms with Crippen LogP contribution in [-0.4, -0.2) is 52.9 Å². The maximum Gasteiger partial charge on any atom is 0.225 e. The third-order valence-electron chi connectivity index (χ3n) is 3.99. The molecule has 2 fully saturated rings. The van der Waals surface area contributed by atoms with Crippen molar-refractivity contribution in [2.75, 3.05) is 24.5 Å². The topological polar surface area (TPSA) is 49.3 Å². The summed E-state index contributed by atoms with van der Waals surface area (Å²) >= 11 is 0. The largest absolute Gasteiger partial charge is 0.335 e. The maximum atomic E-state index is 10.6. The van der Waals surface area contributed by atoms with Crippen LogP contribution in [0.3, 0.4) is 0 Å². The molecule has 18 heavy (non-hydrogen) atoms. The number of aldehydes is 1. The molecule has 0 N–H and O–H groups in total. The summed E-state index contributed by atoms with van der Waals surface area (Å²) in [5, 5.41) is 0. The third kappa shape index (κ3) is 1.99. The van der Waals surface area contributed by atoms with E-state index < -0.39 is 0 Å². The summed E-state index contributed by atoms with van der Waals surface area (Å²) in [6, 6.07) is 1.08. The van der Waals surface area contributed by atoms with Crippen molar-refractivity contribution in [3.63, 3.8) is 0 Å². The van der Waals surface area contributed by atoms with Gasteiger partial charge >= 0.3 is 0 Å². The van der Waals surface area contributed by atoms with Gasteiger partial charge in [0.25, 0.3) is 0 Å². The van der Waals surface area contributed by atoms with E-state index in [9.17, 15) is 4.79 Å². The molecule has 2 saturated heterocycles. The smallest absolute Gasteiger partial charge is 0.225 e. The summed E-state index contributed by atoms with van der Waals surface area (Å²) in [7, 11) is 0. The zero-order valence-electron chi connectivity index (χ0n) is 10.6. The molecule has 2 atom stereocenters. The van der Waals surface area contributed by atoms with E-state index in [4.69, 9.17) is 0 Å². The van der Waals surface area contributed by atoms with Gasteiger partial charge in [-0.15, -0.1) is 0 Å². The summed E-state index contributed by atoms with van der Waals surface area (Å²) in [4.78, 5) is 24.0. The van der Waals surface area contributed by atoms with Crippen LogP contribution in [0.1, 0.15) is 30.1 Å². The fourth-order valence-electron chi connectivity index (χ4n) is 3.01. The van der Waals surface area contributed by atoms with Crippen LogP contribution in [0, 0.1) is 0 Å². The molecule has 96 valence electrons. The first-order valence-electron chi connectivity index (χ1n) is 6.56. The Labute approximate surface area is 107 Å². The highest BCUT2D eigenvalue weighted by molar-refractivity contribution is 5.73. The second kappa shape index (κ2) is 4.65. The Morgan fingerprint density at radius 3 is 2.83 bits per heavy atom. The molecule has 0 amide bonds. The summed E-state index contributed by atoms with van der Waals surface area (Å²) in [5.74, 6) is 0.750. The van der Waals surface area contributed by atoms with E-state index in [-0.39, 0.29) is 0 Å². The summed E-state index contributed by atoms with van der Waals surface area (Å²) in [6.45, 7) is 5.53. The van der Waals surface area contributed by atoms with Crippen LogP contribution in [0.15, 0.2) is 12.4 Å². The van der Waals surface area contributed by atoms with Crippen LogP contribution < -0.4 is 4.90 Å². The first kappa shape index (κ1) is 11.6. The van der Waals surface area contributed by atoms with Gasteiger partial charge < -0.3 is 4.90 Å². The second-order valence-corrected chi connectivity index (χ2v) is 5.23. The van der Waals surface area contributed by atoms with Gasteiger partial charge in [0.1, 0.15) is 0 Å². The Morgan fingerprint density at radius 2 is 2.11 bits per heavy atom. The van der Waals surface area contributed by atoms with Gasteiger partial charge in [-0.2, -0.15) is 0 Å². The lowest BCUT2D eigenvalue weighted by Gasteiger charge is -2.42. The van der Waals surface area contributed by atoms with Crippen LogP contribution in [0.25, 0.3) is 0 Å². The number of piperazine rings is 1. The Kier molecular flexibility index (Phi) is 2.99. The number of hydrogen-bond donors (Lipinski definition) is 0. The van der Waals surface area contributed by atoms with Gasteiger partial charge in [0.05, 0.1) is 5.56 Å². The van der Waals surface area contributed by atoms with Gasteiger partial charge in [-0.1, -0.05) is 0 Å². The average molecular weight is 246 g/mol. The van der Waals surface area contributed by atoms with E-state index >= 15 is 0 Å². The van der Waals surface area contributed by atoms with Crippen LogP contribution >= 0.6 is 0 Å². The number of carbonyl (C=O) groups excluding carboxylic acids is 1. The van der Waals surface area contributed by atoms with Gasteiger partial charge in [0, 0.05) is 37.6 Å². The zero-order valence-corrected chi connectivity index (χ0v) is 10.6. The molecule has 0 spiro atoms. The van der Waals surface area contributed by atoms with Gasteiger partial charge in [0.15, 0.2) is 6.29 Å². The average Bonchev–Trinajstić information content (AvgIpc) is 2.85. The van der Waals surface area contributed by atoms with Crippen LogP contribution in [0.4, 0.5) is 5.95 Å². The molecule has 0 aliphatic carbocycles. The number of hydrogen-bond acceptors (Lipinski definition) is 5. The first-order valence-corrected chi connectivity index (χ1v) is 6.56. The summed E-state index contributed by atoms with van der Waals surface area (Å²) < 4.78 is 0. The molecule has 2 aliphatic rings. The molecule has 1 aromatic rings. The molecule has 2 unspecified atom stereocenters. The van der Waals surface area contributed by atoms with E-state index in [1.807, 2.05) is 0 Å². The minimum atomic E-state index is 0.432. The lowest BCUT2D eigenvalue weighted by molar-refractivity contribution is 0.112. The Morgan fingerprint density at radius 1 is 1.33 bits per heavy atom. The number of aromatic nitrogens is 2. The highest BCUT2D eigenvalue weighted by Gasteiger charge is 2.35. The summed E-state index contributed by atoms with van der Waals surface area (Å²) in [6.07, 6.45) is 6.56. The number of carbonyl (C=O) groups is 1. The standard InChI is InChI=1S/C13H18N4O/c1-10-7-16-4-2-3-12(16)8-17(10)13-14-5-11(9-18)6-15-13/h5-6,9-10,12H,2-4,7-8H2,1H3. The van der Waals surface area contributed by atoms with Crippen molar-refractivity contribution in [3.8, 4) is 0 Å². The molecule has 5 nitrogen and oxygen atoms in total. The minimum Gasteiger partial charge on any atom is -0.335 e. The van der Waals surface area contributed by atoms with Crippen molar-refractivity contribution >= 4 is 12.2 Å². The Bertz CT molecular complexity index is 433. The number of rotatable bonds is 2. The van der Waals surface area contributed by atoms with Crippen LogP contribution in [-0.2, 0) is 0 Å². The van der Waals surface area contributed by atoms with Gasteiger partial charge in [-0.25, -0.2) is 9.97 Å². The molecule has 1 aromatic heterocycles. The normalized spacial score (nSPS) is 28.2. The first-order chi connectivity index (χ1) is 8.78. The molecule has 5 heteroatoms. The van der Waals surface area contributed by atoms with Crippen molar-refractivity contribution in [2.24, 2.45) is 0 Å². The lowest BCUT2D eigenvalue weighted by atomic mass is 10.1. The van der Waals surface area contributed by atoms with Crippen LogP contribution in [0.2, 0.25) is 0 Å². The zero-order chi connectivity index (χ0) is 12.5. The van der Waals surface area contributed by atoms with Gasteiger partial charge in [0.2, 0.25) is 5.95 Å². The predicted octanol–water partition coefficient (Wildman–Crippen LogP) is 0.962. The Hall–Kier alpha value is -1.49. The van der Waals surface area contributed by atoms with E-state index in [1.165, 1.54) is 19.4 Å². The molecule has 0 bridgehead atoms. The van der Waals surface area contributed by atoms with Crippen molar-refractivity contribution in [1.29, 1.82) is 0 Å². The minimum absolute atomic E-state index is 0.432. The highest BCUT2D eigenvalue weighted by atomic mass is 16.1. The Balaban J connectivity index is 1.79. The van der Waals surface area contributed by atoms with E-state index in [1.54, 1.807) is 12.4 Å².